The Morgan fingerprint density at radius 1 is 0.794 bits per heavy atom. The molecule has 2 amide bonds. The van der Waals surface area contributed by atoms with E-state index in [1.165, 1.54) is 0 Å². The van der Waals surface area contributed by atoms with Crippen molar-refractivity contribution in [2.45, 2.75) is 18.7 Å². The number of nitrogens with zero attached hydrogens (tertiary/aromatic N) is 1. The largest absolute Gasteiger partial charge is 0.374 e. The van der Waals surface area contributed by atoms with E-state index >= 15 is 0 Å². The Hall–Kier alpha value is -4.13. The molecular formula is C28H22N2O4. The van der Waals surface area contributed by atoms with Gasteiger partial charge in [0.05, 0.1) is 22.9 Å². The van der Waals surface area contributed by atoms with E-state index in [4.69, 9.17) is 0 Å². The van der Waals surface area contributed by atoms with Gasteiger partial charge in [-0.25, -0.2) is 4.90 Å². The number of imide groups is 1. The highest BCUT2D eigenvalue weighted by molar-refractivity contribution is 6.35. The third-order valence-corrected chi connectivity index (χ3v) is 6.05. The van der Waals surface area contributed by atoms with Gasteiger partial charge in [0.1, 0.15) is 12.5 Å². The fourth-order valence-corrected chi connectivity index (χ4v) is 4.28. The van der Waals surface area contributed by atoms with Crippen LogP contribution in [0.2, 0.25) is 0 Å². The van der Waals surface area contributed by atoms with Crippen LogP contribution < -0.4 is 10.2 Å². The standard InChI is InChI=1S/C28H22N2O4/c31-17-22(14-18-6-2-1-3-7-18)29-26(32)19-10-12-23(13-11-19)30-27(33)24-15-20-8-4-5-9-21(20)16-25(24)28(30)34/h1-13,15-17,22,26,29,32H,14H2/t22-,26?/m0/s1. The Kier molecular flexibility index (Phi) is 5.76. The van der Waals surface area contributed by atoms with E-state index in [-0.39, 0.29) is 11.8 Å². The number of nitrogens with one attached hydrogen (secondary N) is 1. The highest BCUT2D eigenvalue weighted by Gasteiger charge is 2.37. The van der Waals surface area contributed by atoms with E-state index in [1.54, 1.807) is 36.4 Å². The molecule has 4 aromatic rings. The molecule has 168 valence electrons. The first-order chi connectivity index (χ1) is 16.5. The molecule has 4 aromatic carbocycles. The van der Waals surface area contributed by atoms with E-state index < -0.39 is 12.3 Å². The molecule has 6 heteroatoms. The topological polar surface area (TPSA) is 86.7 Å². The second-order valence-corrected chi connectivity index (χ2v) is 8.28. The van der Waals surface area contributed by atoms with Gasteiger partial charge in [-0.1, -0.05) is 66.7 Å². The highest BCUT2D eigenvalue weighted by Crippen LogP contribution is 2.32. The summed E-state index contributed by atoms with van der Waals surface area (Å²) in [4.78, 5) is 38.7. The fourth-order valence-electron chi connectivity index (χ4n) is 4.28. The van der Waals surface area contributed by atoms with Crippen LogP contribution >= 0.6 is 0 Å². The number of fused-ring (bicyclic) bond motifs is 2. The van der Waals surface area contributed by atoms with E-state index in [1.807, 2.05) is 54.6 Å². The number of aliphatic hydroxyl groups is 1. The normalized spacial score (nSPS) is 14.8. The summed E-state index contributed by atoms with van der Waals surface area (Å²) in [6.07, 6.45) is 0.136. The Balaban J connectivity index is 1.33. The molecule has 5 rings (SSSR count). The highest BCUT2D eigenvalue weighted by atomic mass is 16.3. The summed E-state index contributed by atoms with van der Waals surface area (Å²) >= 11 is 0. The van der Waals surface area contributed by atoms with Gasteiger partial charge in [0.25, 0.3) is 11.8 Å². The summed E-state index contributed by atoms with van der Waals surface area (Å²) in [7, 11) is 0. The minimum atomic E-state index is -1.08. The molecule has 0 radical (unpaired) electrons. The summed E-state index contributed by atoms with van der Waals surface area (Å²) < 4.78 is 0. The van der Waals surface area contributed by atoms with E-state index in [2.05, 4.69) is 5.32 Å². The summed E-state index contributed by atoms with van der Waals surface area (Å²) in [6, 6.07) is 26.6. The van der Waals surface area contributed by atoms with E-state index in [0.717, 1.165) is 27.5 Å². The van der Waals surface area contributed by atoms with Gasteiger partial charge < -0.3 is 9.90 Å². The number of carbonyl (C=O) groups is 3. The van der Waals surface area contributed by atoms with Crippen molar-refractivity contribution in [3.63, 3.8) is 0 Å². The Bertz CT molecular complexity index is 1330. The van der Waals surface area contributed by atoms with Crippen LogP contribution in [0.25, 0.3) is 10.8 Å². The van der Waals surface area contributed by atoms with Gasteiger partial charge in [0.2, 0.25) is 0 Å². The molecule has 1 heterocycles. The maximum Gasteiger partial charge on any atom is 0.266 e. The molecule has 2 N–H and O–H groups in total. The predicted molar refractivity (Wildman–Crippen MR) is 130 cm³/mol. The van der Waals surface area contributed by atoms with Crippen LogP contribution in [-0.4, -0.2) is 29.2 Å². The lowest BCUT2D eigenvalue weighted by Crippen LogP contribution is -2.35. The van der Waals surface area contributed by atoms with Gasteiger partial charge in [-0.2, -0.15) is 0 Å². The van der Waals surface area contributed by atoms with Crippen molar-refractivity contribution < 1.29 is 19.5 Å². The summed E-state index contributed by atoms with van der Waals surface area (Å²) in [6.45, 7) is 0. The molecule has 0 bridgehead atoms. The summed E-state index contributed by atoms with van der Waals surface area (Å²) in [5, 5.41) is 15.3. The Morgan fingerprint density at radius 3 is 1.91 bits per heavy atom. The van der Waals surface area contributed by atoms with Crippen molar-refractivity contribution in [1.82, 2.24) is 5.32 Å². The minimum absolute atomic E-state index is 0.374. The molecule has 0 saturated heterocycles. The second-order valence-electron chi connectivity index (χ2n) is 8.28. The molecule has 6 nitrogen and oxygen atoms in total. The zero-order chi connectivity index (χ0) is 23.7. The average Bonchev–Trinajstić information content (AvgIpc) is 3.11. The number of aldehydes is 1. The molecule has 0 aliphatic carbocycles. The smallest absolute Gasteiger partial charge is 0.266 e. The lowest BCUT2D eigenvalue weighted by Gasteiger charge is -2.20. The van der Waals surface area contributed by atoms with Crippen molar-refractivity contribution in [2.24, 2.45) is 0 Å². The molecule has 1 unspecified atom stereocenters. The Labute approximate surface area is 196 Å². The summed E-state index contributed by atoms with van der Waals surface area (Å²) in [5.41, 5.74) is 2.68. The van der Waals surface area contributed by atoms with Crippen LogP contribution in [0.4, 0.5) is 5.69 Å². The van der Waals surface area contributed by atoms with Gasteiger partial charge in [0.15, 0.2) is 0 Å². The van der Waals surface area contributed by atoms with Gasteiger partial charge in [0, 0.05) is 0 Å². The monoisotopic (exact) mass is 450 g/mol. The number of anilines is 1. The first-order valence-electron chi connectivity index (χ1n) is 11.0. The van der Waals surface area contributed by atoms with Gasteiger partial charge in [-0.15, -0.1) is 0 Å². The van der Waals surface area contributed by atoms with Crippen LogP contribution in [0.1, 0.15) is 38.1 Å². The zero-order valence-electron chi connectivity index (χ0n) is 18.2. The molecule has 2 atom stereocenters. The third-order valence-electron chi connectivity index (χ3n) is 6.05. The van der Waals surface area contributed by atoms with Gasteiger partial charge in [-0.05, 0) is 52.6 Å². The Morgan fingerprint density at radius 2 is 1.35 bits per heavy atom. The minimum Gasteiger partial charge on any atom is -0.374 e. The second kappa shape index (κ2) is 9.02. The molecular weight excluding hydrogens is 428 g/mol. The molecule has 0 spiro atoms. The van der Waals surface area contributed by atoms with Crippen molar-refractivity contribution in [3.8, 4) is 0 Å². The fraction of sp³-hybridized carbons (Fsp3) is 0.107. The van der Waals surface area contributed by atoms with Crippen LogP contribution in [-0.2, 0) is 11.2 Å². The lowest BCUT2D eigenvalue weighted by atomic mass is 10.0. The number of benzene rings is 4. The maximum atomic E-state index is 13.0. The molecule has 0 aromatic heterocycles. The number of aliphatic hydroxyl groups excluding tert-OH is 1. The number of rotatable bonds is 7. The quantitative estimate of drug-likeness (QED) is 0.252. The number of hydrogen-bond acceptors (Lipinski definition) is 5. The van der Waals surface area contributed by atoms with Crippen molar-refractivity contribution >= 4 is 34.6 Å². The lowest BCUT2D eigenvalue weighted by molar-refractivity contribution is -0.110. The summed E-state index contributed by atoms with van der Waals surface area (Å²) in [5.74, 6) is -0.748. The average molecular weight is 450 g/mol. The van der Waals surface area contributed by atoms with Crippen LogP contribution in [0.15, 0.2) is 91.0 Å². The molecule has 0 saturated carbocycles. The molecule has 1 aliphatic heterocycles. The van der Waals surface area contributed by atoms with Gasteiger partial charge in [-0.3, -0.25) is 14.9 Å². The van der Waals surface area contributed by atoms with E-state index in [0.29, 0.717) is 28.8 Å². The van der Waals surface area contributed by atoms with Crippen molar-refractivity contribution in [2.75, 3.05) is 4.90 Å². The van der Waals surface area contributed by atoms with Gasteiger partial charge >= 0.3 is 0 Å². The zero-order valence-corrected chi connectivity index (χ0v) is 18.2. The van der Waals surface area contributed by atoms with Crippen molar-refractivity contribution in [1.29, 1.82) is 0 Å². The number of hydrogen-bond donors (Lipinski definition) is 2. The van der Waals surface area contributed by atoms with Crippen LogP contribution in [0.5, 0.6) is 0 Å². The molecule has 0 fully saturated rings. The first-order valence-corrected chi connectivity index (χ1v) is 11.0. The third kappa shape index (κ3) is 4.01. The number of carbonyl (C=O) groups excluding carboxylic acids is 3. The number of amides is 2. The van der Waals surface area contributed by atoms with E-state index in [9.17, 15) is 19.5 Å². The van der Waals surface area contributed by atoms with Crippen LogP contribution in [0, 0.1) is 0 Å². The van der Waals surface area contributed by atoms with Crippen molar-refractivity contribution in [3.05, 3.63) is 113 Å². The van der Waals surface area contributed by atoms with Crippen LogP contribution in [0.3, 0.4) is 0 Å². The maximum absolute atomic E-state index is 13.0. The first kappa shape index (κ1) is 21.7. The SMILES string of the molecule is O=C[C@H](Cc1ccccc1)NC(O)c1ccc(N2C(=O)c3cc4ccccc4cc3C2=O)cc1. The predicted octanol–water partition coefficient (Wildman–Crippen LogP) is 4.03. The molecule has 34 heavy (non-hydrogen) atoms. The molecule has 1 aliphatic rings.